The number of amides is 5. The average Bonchev–Trinajstić information content (AvgIpc) is 3.30. The van der Waals surface area contributed by atoms with E-state index in [1.54, 1.807) is 30.5 Å². The molecule has 222 valence electrons. The number of carbonyl (C=O) groups is 7. The minimum Gasteiger partial charge on any atom is -0.481 e. The van der Waals surface area contributed by atoms with Gasteiger partial charge in [-0.25, -0.2) is 4.79 Å². The maximum Gasteiger partial charge on any atom is 0.326 e. The van der Waals surface area contributed by atoms with Gasteiger partial charge in [-0.05, 0) is 24.5 Å². The zero-order valence-corrected chi connectivity index (χ0v) is 21.9. The molecule has 5 amide bonds. The lowest BCUT2D eigenvalue weighted by atomic mass is 10.0. The number of carboxylic acids is 2. The van der Waals surface area contributed by atoms with Crippen LogP contribution in [0.5, 0.6) is 0 Å². The fourth-order valence-corrected chi connectivity index (χ4v) is 3.94. The summed E-state index contributed by atoms with van der Waals surface area (Å²) in [5.41, 5.74) is 17.2. The maximum atomic E-state index is 13.4. The Morgan fingerprint density at radius 1 is 0.780 bits per heavy atom. The number of H-pyrrole nitrogens is 1. The molecule has 0 spiro atoms. The van der Waals surface area contributed by atoms with Crippen molar-refractivity contribution in [2.45, 2.75) is 62.7 Å². The molecule has 0 fully saturated rings. The molecule has 0 saturated carbocycles. The van der Waals surface area contributed by atoms with E-state index in [0.717, 1.165) is 10.9 Å². The lowest BCUT2D eigenvalue weighted by molar-refractivity contribution is -0.143. The highest BCUT2D eigenvalue weighted by atomic mass is 16.4. The summed E-state index contributed by atoms with van der Waals surface area (Å²) >= 11 is 0. The van der Waals surface area contributed by atoms with Crippen molar-refractivity contribution in [3.8, 4) is 0 Å². The van der Waals surface area contributed by atoms with Gasteiger partial charge in [-0.1, -0.05) is 18.2 Å². The van der Waals surface area contributed by atoms with E-state index in [-0.39, 0.29) is 19.3 Å². The van der Waals surface area contributed by atoms with E-state index >= 15 is 0 Å². The number of nitrogens with one attached hydrogen (secondary N) is 4. The number of para-hydroxylation sites is 1. The summed E-state index contributed by atoms with van der Waals surface area (Å²) in [4.78, 5) is 87.1. The molecule has 0 aliphatic heterocycles. The van der Waals surface area contributed by atoms with Crippen LogP contribution in [-0.2, 0) is 40.0 Å². The summed E-state index contributed by atoms with van der Waals surface area (Å²) in [6.07, 6.45) is -0.677. The monoisotopic (exact) mass is 575 g/mol. The number of benzene rings is 1. The highest BCUT2D eigenvalue weighted by Gasteiger charge is 2.31. The number of aliphatic carboxylic acids is 2. The minimum atomic E-state index is -1.55. The predicted molar refractivity (Wildman–Crippen MR) is 143 cm³/mol. The molecule has 1 aromatic heterocycles. The standard InChI is InChI=1S/C25H33N7O9/c26-14(10-20(28)34)22(37)32-18(9-12-11-29-15-4-2-1-3-13(12)15)24(39)30-16(6-8-21(35)36)23(38)31-17(25(40)41)5-7-19(27)33/h1-4,11,14,16-18,29H,5-10,26H2,(H2,27,33)(H2,28,34)(H,30,39)(H,31,38)(H,32,37)(H,35,36)(H,40,41). The van der Waals surface area contributed by atoms with E-state index in [0.29, 0.717) is 5.56 Å². The fourth-order valence-electron chi connectivity index (χ4n) is 3.94. The number of carbonyl (C=O) groups excluding carboxylic acids is 5. The fraction of sp³-hybridized carbons (Fsp3) is 0.400. The van der Waals surface area contributed by atoms with Crippen molar-refractivity contribution in [2.75, 3.05) is 0 Å². The molecule has 16 nitrogen and oxygen atoms in total. The van der Waals surface area contributed by atoms with Gasteiger partial charge in [-0.3, -0.25) is 28.8 Å². The molecular formula is C25H33N7O9. The molecule has 12 N–H and O–H groups in total. The first-order valence-electron chi connectivity index (χ1n) is 12.5. The van der Waals surface area contributed by atoms with Crippen molar-refractivity contribution >= 4 is 52.4 Å². The van der Waals surface area contributed by atoms with Crippen molar-refractivity contribution in [3.63, 3.8) is 0 Å². The molecule has 0 radical (unpaired) electrons. The van der Waals surface area contributed by atoms with Crippen LogP contribution in [0.3, 0.4) is 0 Å². The average molecular weight is 576 g/mol. The zero-order chi connectivity index (χ0) is 30.7. The van der Waals surface area contributed by atoms with Gasteiger partial charge in [0.05, 0.1) is 12.5 Å². The largest absolute Gasteiger partial charge is 0.481 e. The number of primary amides is 2. The molecular weight excluding hydrogens is 542 g/mol. The van der Waals surface area contributed by atoms with E-state index in [1.807, 2.05) is 0 Å². The normalized spacial score (nSPS) is 13.8. The van der Waals surface area contributed by atoms with Gasteiger partial charge in [0.1, 0.15) is 18.1 Å². The van der Waals surface area contributed by atoms with Crippen molar-refractivity contribution in [1.82, 2.24) is 20.9 Å². The third-order valence-electron chi connectivity index (χ3n) is 6.06. The second-order valence-electron chi connectivity index (χ2n) is 9.30. The number of aromatic nitrogens is 1. The number of nitrogens with two attached hydrogens (primary N) is 3. The number of aromatic amines is 1. The predicted octanol–water partition coefficient (Wildman–Crippen LogP) is -2.42. The second-order valence-corrected chi connectivity index (χ2v) is 9.30. The van der Waals surface area contributed by atoms with Crippen LogP contribution >= 0.6 is 0 Å². The molecule has 41 heavy (non-hydrogen) atoms. The zero-order valence-electron chi connectivity index (χ0n) is 21.9. The highest BCUT2D eigenvalue weighted by molar-refractivity contribution is 5.96. The van der Waals surface area contributed by atoms with Crippen LogP contribution < -0.4 is 33.2 Å². The third-order valence-corrected chi connectivity index (χ3v) is 6.06. The first-order valence-corrected chi connectivity index (χ1v) is 12.5. The molecule has 0 aliphatic carbocycles. The Balaban J connectivity index is 2.31. The molecule has 2 rings (SSSR count). The molecule has 0 aliphatic rings. The summed E-state index contributed by atoms with van der Waals surface area (Å²) in [6.45, 7) is 0. The van der Waals surface area contributed by atoms with Crippen LogP contribution in [0.4, 0.5) is 0 Å². The molecule has 4 atom stereocenters. The van der Waals surface area contributed by atoms with Crippen molar-refractivity contribution < 1.29 is 43.8 Å². The maximum absolute atomic E-state index is 13.4. The minimum absolute atomic E-state index is 0.103. The smallest absolute Gasteiger partial charge is 0.326 e. The van der Waals surface area contributed by atoms with Gasteiger partial charge in [-0.2, -0.15) is 0 Å². The van der Waals surface area contributed by atoms with Crippen LogP contribution in [0.2, 0.25) is 0 Å². The molecule has 1 heterocycles. The van der Waals surface area contributed by atoms with Gasteiger partial charge in [0, 0.05) is 36.4 Å². The number of carboxylic acid groups (broad SMARTS) is 2. The van der Waals surface area contributed by atoms with Crippen LogP contribution in [0.1, 0.15) is 37.7 Å². The highest BCUT2D eigenvalue weighted by Crippen LogP contribution is 2.19. The Bertz CT molecular complexity index is 1310. The Kier molecular flexibility index (Phi) is 11.8. The lowest BCUT2D eigenvalue weighted by Gasteiger charge is -2.25. The SMILES string of the molecule is NC(=O)CCC(NC(=O)C(CCC(=O)O)NC(=O)C(Cc1c[nH]c2ccccc12)NC(=O)C(N)CC(N)=O)C(=O)O. The van der Waals surface area contributed by atoms with Crippen LogP contribution in [-0.4, -0.2) is 80.8 Å². The van der Waals surface area contributed by atoms with Crippen LogP contribution in [0, 0.1) is 0 Å². The molecule has 0 bridgehead atoms. The number of rotatable bonds is 17. The van der Waals surface area contributed by atoms with Gasteiger partial charge >= 0.3 is 11.9 Å². The molecule has 1 aromatic carbocycles. The van der Waals surface area contributed by atoms with Gasteiger partial charge in [0.15, 0.2) is 0 Å². The number of hydrogen-bond acceptors (Lipinski definition) is 8. The molecule has 0 saturated heterocycles. The van der Waals surface area contributed by atoms with Crippen molar-refractivity contribution in [2.24, 2.45) is 17.2 Å². The van der Waals surface area contributed by atoms with E-state index in [2.05, 4.69) is 20.9 Å². The summed E-state index contributed by atoms with van der Waals surface area (Å²) < 4.78 is 0. The quantitative estimate of drug-likeness (QED) is 0.0961. The lowest BCUT2D eigenvalue weighted by Crippen LogP contribution is -2.58. The third kappa shape index (κ3) is 10.2. The Morgan fingerprint density at radius 3 is 1.98 bits per heavy atom. The first-order chi connectivity index (χ1) is 19.3. The van der Waals surface area contributed by atoms with Gasteiger partial charge in [0.2, 0.25) is 29.5 Å². The summed E-state index contributed by atoms with van der Waals surface area (Å²) in [5.74, 6) is -7.24. The molecule has 2 aromatic rings. The van der Waals surface area contributed by atoms with Gasteiger partial charge in [0.25, 0.3) is 0 Å². The van der Waals surface area contributed by atoms with Gasteiger partial charge in [-0.15, -0.1) is 0 Å². The first kappa shape index (κ1) is 32.2. The Hall–Kier alpha value is -4.99. The Labute approximate surface area is 233 Å². The van der Waals surface area contributed by atoms with Crippen molar-refractivity contribution in [3.05, 3.63) is 36.0 Å². The molecule has 16 heteroatoms. The van der Waals surface area contributed by atoms with Crippen LogP contribution in [0.25, 0.3) is 10.9 Å². The topological polar surface area (TPSA) is 290 Å². The summed E-state index contributed by atoms with van der Waals surface area (Å²) in [6, 6.07) is 1.31. The van der Waals surface area contributed by atoms with E-state index in [1.165, 1.54) is 0 Å². The van der Waals surface area contributed by atoms with Crippen molar-refractivity contribution in [1.29, 1.82) is 0 Å². The molecule has 4 unspecified atom stereocenters. The van der Waals surface area contributed by atoms with E-state index < -0.39 is 84.9 Å². The summed E-state index contributed by atoms with van der Waals surface area (Å²) in [7, 11) is 0. The number of hydrogen-bond donors (Lipinski definition) is 9. The van der Waals surface area contributed by atoms with Gasteiger partial charge < -0.3 is 48.3 Å². The summed E-state index contributed by atoms with van der Waals surface area (Å²) in [5, 5.41) is 26.2. The number of fused-ring (bicyclic) bond motifs is 1. The second kappa shape index (κ2) is 15.0. The van der Waals surface area contributed by atoms with E-state index in [4.69, 9.17) is 22.3 Å². The van der Waals surface area contributed by atoms with E-state index in [9.17, 15) is 38.7 Å². The Morgan fingerprint density at radius 2 is 1.37 bits per heavy atom. The van der Waals surface area contributed by atoms with Crippen LogP contribution in [0.15, 0.2) is 30.5 Å².